The lowest BCUT2D eigenvalue weighted by Crippen LogP contribution is -1.80. The maximum Gasteiger partial charge on any atom is 0.324 e. The van der Waals surface area contributed by atoms with Gasteiger partial charge in [0.05, 0.1) is 4.92 Å². The third-order valence-corrected chi connectivity index (χ3v) is 3.57. The van der Waals surface area contributed by atoms with Crippen LogP contribution in [0, 0.1) is 10.1 Å². The van der Waals surface area contributed by atoms with Crippen LogP contribution < -0.4 is 0 Å². The van der Waals surface area contributed by atoms with Gasteiger partial charge in [0.2, 0.25) is 0 Å². The number of pyridine rings is 1. The Kier molecular flexibility index (Phi) is 2.15. The highest BCUT2D eigenvalue weighted by atomic mass is 32.1. The first-order valence-corrected chi connectivity index (χ1v) is 5.74. The fourth-order valence-corrected chi connectivity index (χ4v) is 2.61. The summed E-state index contributed by atoms with van der Waals surface area (Å²) in [5.41, 5.74) is 1.76. The molecule has 1 N–H and O–H groups in total. The smallest absolute Gasteiger partial charge is 0.324 e. The summed E-state index contributed by atoms with van der Waals surface area (Å²) < 4.78 is 0. The summed E-state index contributed by atoms with van der Waals surface area (Å²) in [7, 11) is 0. The Morgan fingerprint density at radius 3 is 2.94 bits per heavy atom. The van der Waals surface area contributed by atoms with E-state index < -0.39 is 0 Å². The fourth-order valence-electron chi connectivity index (χ4n) is 1.75. The molecule has 3 aromatic rings. The summed E-state index contributed by atoms with van der Waals surface area (Å²) in [4.78, 5) is 18.4. The van der Waals surface area contributed by atoms with Gasteiger partial charge in [-0.15, -0.1) is 0 Å². The third-order valence-electron chi connectivity index (χ3n) is 2.50. The van der Waals surface area contributed by atoms with Gasteiger partial charge in [0.1, 0.15) is 5.65 Å². The minimum Gasteiger partial charge on any atom is -0.346 e. The van der Waals surface area contributed by atoms with Crippen molar-refractivity contribution in [1.82, 2.24) is 9.97 Å². The van der Waals surface area contributed by atoms with Gasteiger partial charge in [0.15, 0.2) is 0 Å². The van der Waals surface area contributed by atoms with E-state index in [1.807, 2.05) is 18.3 Å². The van der Waals surface area contributed by atoms with E-state index in [2.05, 4.69) is 9.97 Å². The van der Waals surface area contributed by atoms with Crippen molar-refractivity contribution < 1.29 is 4.92 Å². The van der Waals surface area contributed by atoms with E-state index in [1.54, 1.807) is 12.3 Å². The summed E-state index contributed by atoms with van der Waals surface area (Å²) in [6, 6.07) is 7.08. The van der Waals surface area contributed by atoms with Crippen molar-refractivity contribution in [3.05, 3.63) is 46.8 Å². The Morgan fingerprint density at radius 1 is 1.29 bits per heavy atom. The standard InChI is InChI=1S/C11H7N3O2S/c15-14(16)10-2-1-9(17-10)7-3-5-12-11-8(7)4-6-13-11/h1-6H,(H,12,13). The summed E-state index contributed by atoms with van der Waals surface area (Å²) in [6.45, 7) is 0. The molecule has 0 fully saturated rings. The Balaban J connectivity index is 2.19. The van der Waals surface area contributed by atoms with Crippen LogP contribution in [0.1, 0.15) is 0 Å². The van der Waals surface area contributed by atoms with Crippen LogP contribution in [0.25, 0.3) is 21.5 Å². The first-order valence-electron chi connectivity index (χ1n) is 4.92. The molecule has 84 valence electrons. The highest BCUT2D eigenvalue weighted by Gasteiger charge is 2.13. The molecule has 0 atom stereocenters. The quantitative estimate of drug-likeness (QED) is 0.556. The number of rotatable bonds is 2. The molecular weight excluding hydrogens is 238 g/mol. The number of aromatic nitrogens is 2. The second-order valence-corrected chi connectivity index (χ2v) is 4.56. The van der Waals surface area contributed by atoms with Crippen LogP contribution in [0.5, 0.6) is 0 Å². The van der Waals surface area contributed by atoms with E-state index in [0.717, 1.165) is 21.5 Å². The van der Waals surface area contributed by atoms with Crippen LogP contribution in [0.4, 0.5) is 5.00 Å². The average molecular weight is 245 g/mol. The van der Waals surface area contributed by atoms with Gasteiger partial charge in [-0.05, 0) is 18.2 Å². The zero-order valence-electron chi connectivity index (χ0n) is 8.58. The molecule has 3 rings (SSSR count). The van der Waals surface area contributed by atoms with E-state index in [0.29, 0.717) is 0 Å². The molecule has 0 unspecified atom stereocenters. The highest BCUT2D eigenvalue weighted by molar-refractivity contribution is 7.18. The van der Waals surface area contributed by atoms with Gasteiger partial charge in [0.25, 0.3) is 0 Å². The Morgan fingerprint density at radius 2 is 2.18 bits per heavy atom. The number of hydrogen-bond donors (Lipinski definition) is 1. The molecule has 0 saturated carbocycles. The van der Waals surface area contributed by atoms with Crippen molar-refractivity contribution in [2.24, 2.45) is 0 Å². The molecule has 0 spiro atoms. The molecule has 5 nitrogen and oxygen atoms in total. The number of nitro groups is 1. The lowest BCUT2D eigenvalue weighted by molar-refractivity contribution is -0.380. The van der Waals surface area contributed by atoms with Crippen LogP contribution in [0.2, 0.25) is 0 Å². The van der Waals surface area contributed by atoms with E-state index in [4.69, 9.17) is 0 Å². The average Bonchev–Trinajstić information content (AvgIpc) is 2.97. The van der Waals surface area contributed by atoms with Gasteiger partial charge in [0, 0.05) is 34.3 Å². The lowest BCUT2D eigenvalue weighted by Gasteiger charge is -1.97. The maximum atomic E-state index is 10.7. The number of aromatic amines is 1. The van der Waals surface area contributed by atoms with Crippen LogP contribution in [-0.2, 0) is 0 Å². The predicted molar refractivity (Wildman–Crippen MR) is 66.1 cm³/mol. The predicted octanol–water partition coefficient (Wildman–Crippen LogP) is 3.20. The number of nitrogens with one attached hydrogen (secondary N) is 1. The van der Waals surface area contributed by atoms with E-state index in [9.17, 15) is 10.1 Å². The molecule has 3 heterocycles. The number of H-pyrrole nitrogens is 1. The first-order chi connectivity index (χ1) is 8.25. The highest BCUT2D eigenvalue weighted by Crippen LogP contribution is 2.35. The van der Waals surface area contributed by atoms with E-state index in [-0.39, 0.29) is 9.92 Å². The number of hydrogen-bond acceptors (Lipinski definition) is 4. The Labute approximate surface area is 99.9 Å². The molecule has 6 heteroatoms. The van der Waals surface area contributed by atoms with Crippen molar-refractivity contribution in [3.8, 4) is 10.4 Å². The lowest BCUT2D eigenvalue weighted by atomic mass is 10.1. The molecule has 0 amide bonds. The molecule has 17 heavy (non-hydrogen) atoms. The minimum atomic E-state index is -0.371. The molecule has 0 aromatic carbocycles. The minimum absolute atomic E-state index is 0.153. The first kappa shape index (κ1) is 9.98. The van der Waals surface area contributed by atoms with Crippen LogP contribution in [-0.4, -0.2) is 14.9 Å². The fraction of sp³-hybridized carbons (Fsp3) is 0. The number of fused-ring (bicyclic) bond motifs is 1. The van der Waals surface area contributed by atoms with Gasteiger partial charge in [-0.3, -0.25) is 10.1 Å². The van der Waals surface area contributed by atoms with Crippen molar-refractivity contribution in [2.75, 3.05) is 0 Å². The second-order valence-electron chi connectivity index (χ2n) is 3.49. The monoisotopic (exact) mass is 245 g/mol. The number of nitrogens with zero attached hydrogens (tertiary/aromatic N) is 2. The topological polar surface area (TPSA) is 71.8 Å². The van der Waals surface area contributed by atoms with Gasteiger partial charge in [-0.2, -0.15) is 0 Å². The van der Waals surface area contributed by atoms with Crippen molar-refractivity contribution in [3.63, 3.8) is 0 Å². The molecule has 0 radical (unpaired) electrons. The molecule has 0 bridgehead atoms. The van der Waals surface area contributed by atoms with Gasteiger partial charge < -0.3 is 4.98 Å². The Bertz CT molecular complexity index is 701. The number of thiophene rings is 1. The van der Waals surface area contributed by atoms with Crippen molar-refractivity contribution in [1.29, 1.82) is 0 Å². The third kappa shape index (κ3) is 1.58. The summed E-state index contributed by atoms with van der Waals surface area (Å²) in [5.74, 6) is 0. The molecule has 0 aliphatic heterocycles. The van der Waals surface area contributed by atoms with Gasteiger partial charge >= 0.3 is 5.00 Å². The molecular formula is C11H7N3O2S. The van der Waals surface area contributed by atoms with E-state index >= 15 is 0 Å². The zero-order valence-corrected chi connectivity index (χ0v) is 9.40. The van der Waals surface area contributed by atoms with Crippen LogP contribution >= 0.6 is 11.3 Å². The zero-order chi connectivity index (χ0) is 11.8. The van der Waals surface area contributed by atoms with Crippen LogP contribution in [0.3, 0.4) is 0 Å². The molecule has 0 aliphatic carbocycles. The van der Waals surface area contributed by atoms with Crippen molar-refractivity contribution >= 4 is 27.4 Å². The SMILES string of the molecule is O=[N+]([O-])c1ccc(-c2ccnc3[nH]ccc23)s1. The summed E-state index contributed by atoms with van der Waals surface area (Å²) >= 11 is 1.17. The second kappa shape index (κ2) is 3.67. The van der Waals surface area contributed by atoms with Gasteiger partial charge in [-0.1, -0.05) is 11.3 Å². The van der Waals surface area contributed by atoms with Crippen molar-refractivity contribution in [2.45, 2.75) is 0 Å². The van der Waals surface area contributed by atoms with E-state index in [1.165, 1.54) is 17.4 Å². The maximum absolute atomic E-state index is 10.7. The molecule has 0 aliphatic rings. The van der Waals surface area contributed by atoms with Gasteiger partial charge in [-0.25, -0.2) is 4.98 Å². The normalized spacial score (nSPS) is 10.8. The molecule has 0 saturated heterocycles. The molecule has 3 aromatic heterocycles. The summed E-state index contributed by atoms with van der Waals surface area (Å²) in [6.07, 6.45) is 3.50. The summed E-state index contributed by atoms with van der Waals surface area (Å²) in [5, 5.41) is 11.8. The largest absolute Gasteiger partial charge is 0.346 e. The van der Waals surface area contributed by atoms with Crippen LogP contribution in [0.15, 0.2) is 36.7 Å². The Hall–Kier alpha value is -2.21.